The van der Waals surface area contributed by atoms with Gasteiger partial charge >= 0.3 is 0 Å². The monoisotopic (exact) mass is 360 g/mol. The molecular weight excluding hydrogens is 332 g/mol. The normalized spacial score (nSPS) is 18.1. The Labute approximate surface area is 154 Å². The molecular formula is C19H28N4O3. The third kappa shape index (κ3) is 3.35. The SMILES string of the molecule is COc1cc2c(N3CCCCC(N(C)C)C3)ncnc2c(OC)c1OC. The number of ether oxygens (including phenoxy) is 3. The molecule has 1 fully saturated rings. The Balaban J connectivity index is 2.14. The van der Waals surface area contributed by atoms with E-state index >= 15 is 0 Å². The predicted molar refractivity (Wildman–Crippen MR) is 103 cm³/mol. The van der Waals surface area contributed by atoms with Crippen molar-refractivity contribution in [1.29, 1.82) is 0 Å². The summed E-state index contributed by atoms with van der Waals surface area (Å²) in [6.07, 6.45) is 5.18. The maximum Gasteiger partial charge on any atom is 0.205 e. The van der Waals surface area contributed by atoms with E-state index in [1.807, 2.05) is 6.07 Å². The van der Waals surface area contributed by atoms with Crippen LogP contribution in [0.5, 0.6) is 17.2 Å². The maximum atomic E-state index is 5.60. The van der Waals surface area contributed by atoms with E-state index < -0.39 is 0 Å². The third-order valence-corrected chi connectivity index (χ3v) is 5.09. The van der Waals surface area contributed by atoms with E-state index in [4.69, 9.17) is 14.2 Å². The Morgan fingerprint density at radius 2 is 1.81 bits per heavy atom. The summed E-state index contributed by atoms with van der Waals surface area (Å²) in [5, 5.41) is 0.918. The van der Waals surface area contributed by atoms with Gasteiger partial charge < -0.3 is 24.0 Å². The van der Waals surface area contributed by atoms with Crippen LogP contribution < -0.4 is 19.1 Å². The third-order valence-electron chi connectivity index (χ3n) is 5.09. The topological polar surface area (TPSA) is 60.0 Å². The van der Waals surface area contributed by atoms with Crippen molar-refractivity contribution >= 4 is 16.7 Å². The van der Waals surface area contributed by atoms with Crippen LogP contribution in [0, 0.1) is 0 Å². The molecule has 7 heteroatoms. The molecule has 0 N–H and O–H groups in total. The van der Waals surface area contributed by atoms with Crippen LogP contribution in [-0.4, -0.2) is 69.4 Å². The van der Waals surface area contributed by atoms with Crippen molar-refractivity contribution in [3.8, 4) is 17.2 Å². The highest BCUT2D eigenvalue weighted by Gasteiger charge is 2.25. The zero-order valence-corrected chi connectivity index (χ0v) is 16.3. The summed E-state index contributed by atoms with van der Waals surface area (Å²) in [6, 6.07) is 2.45. The zero-order valence-electron chi connectivity index (χ0n) is 16.3. The van der Waals surface area contributed by atoms with Gasteiger partial charge in [0, 0.05) is 19.1 Å². The molecule has 2 aromatic rings. The highest BCUT2D eigenvalue weighted by molar-refractivity contribution is 5.97. The van der Waals surface area contributed by atoms with E-state index in [-0.39, 0.29) is 0 Å². The van der Waals surface area contributed by atoms with Gasteiger partial charge in [-0.15, -0.1) is 0 Å². The van der Waals surface area contributed by atoms with Gasteiger partial charge in [0.2, 0.25) is 5.75 Å². The fraction of sp³-hybridized carbons (Fsp3) is 0.579. The Morgan fingerprint density at radius 1 is 1.04 bits per heavy atom. The van der Waals surface area contributed by atoms with Gasteiger partial charge in [0.1, 0.15) is 17.7 Å². The Morgan fingerprint density at radius 3 is 2.46 bits per heavy atom. The Bertz CT molecular complexity index is 766. The van der Waals surface area contributed by atoms with Gasteiger partial charge in [-0.1, -0.05) is 6.42 Å². The molecule has 0 aliphatic carbocycles. The maximum absolute atomic E-state index is 5.60. The van der Waals surface area contributed by atoms with Gasteiger partial charge in [-0.05, 0) is 33.0 Å². The summed E-state index contributed by atoms with van der Waals surface area (Å²) in [7, 11) is 9.13. The van der Waals surface area contributed by atoms with Gasteiger partial charge in [-0.25, -0.2) is 9.97 Å². The zero-order chi connectivity index (χ0) is 18.7. The molecule has 2 heterocycles. The van der Waals surface area contributed by atoms with Crippen LogP contribution in [0.4, 0.5) is 5.82 Å². The first kappa shape index (κ1) is 18.5. The molecule has 3 rings (SSSR count). The predicted octanol–water partition coefficient (Wildman–Crippen LogP) is 2.58. The van der Waals surface area contributed by atoms with E-state index in [1.54, 1.807) is 27.7 Å². The second-order valence-electron chi connectivity index (χ2n) is 6.80. The van der Waals surface area contributed by atoms with Crippen molar-refractivity contribution < 1.29 is 14.2 Å². The summed E-state index contributed by atoms with van der Waals surface area (Å²) >= 11 is 0. The summed E-state index contributed by atoms with van der Waals surface area (Å²) in [5.41, 5.74) is 0.737. The van der Waals surface area contributed by atoms with Gasteiger partial charge in [0.15, 0.2) is 11.5 Å². The van der Waals surface area contributed by atoms with E-state index in [2.05, 4.69) is 33.9 Å². The molecule has 1 saturated heterocycles. The molecule has 1 aromatic carbocycles. The number of aromatic nitrogens is 2. The molecule has 0 saturated carbocycles. The quantitative estimate of drug-likeness (QED) is 0.812. The molecule has 0 bridgehead atoms. The van der Waals surface area contributed by atoms with Crippen LogP contribution in [0.25, 0.3) is 10.9 Å². The highest BCUT2D eigenvalue weighted by Crippen LogP contribution is 2.44. The van der Waals surface area contributed by atoms with Crippen molar-refractivity contribution in [2.24, 2.45) is 0 Å². The first-order valence-corrected chi connectivity index (χ1v) is 8.95. The van der Waals surface area contributed by atoms with Crippen LogP contribution >= 0.6 is 0 Å². The summed E-state index contributed by atoms with van der Waals surface area (Å²) < 4.78 is 16.6. The van der Waals surface area contributed by atoms with Crippen molar-refractivity contribution in [2.45, 2.75) is 25.3 Å². The lowest BCUT2D eigenvalue weighted by molar-refractivity contribution is 0.285. The Kier molecular flexibility index (Phi) is 5.66. The van der Waals surface area contributed by atoms with Crippen molar-refractivity contribution in [3.05, 3.63) is 12.4 Å². The van der Waals surface area contributed by atoms with Gasteiger partial charge in [-0.2, -0.15) is 0 Å². The summed E-state index contributed by atoms with van der Waals surface area (Å²) in [6.45, 7) is 1.92. The number of likely N-dealkylation sites (N-methyl/N-ethyl adjacent to an activating group) is 1. The van der Waals surface area contributed by atoms with Crippen molar-refractivity contribution in [1.82, 2.24) is 14.9 Å². The number of methoxy groups -OCH3 is 3. The number of nitrogens with zero attached hydrogens (tertiary/aromatic N) is 4. The number of hydrogen-bond donors (Lipinski definition) is 0. The minimum Gasteiger partial charge on any atom is -0.493 e. The molecule has 1 unspecified atom stereocenters. The van der Waals surface area contributed by atoms with E-state index in [0.717, 1.165) is 36.2 Å². The summed E-state index contributed by atoms with van der Waals surface area (Å²) in [4.78, 5) is 13.7. The molecule has 1 aromatic heterocycles. The smallest absolute Gasteiger partial charge is 0.205 e. The number of rotatable bonds is 5. The van der Waals surface area contributed by atoms with Crippen LogP contribution in [0.1, 0.15) is 19.3 Å². The number of fused-ring (bicyclic) bond motifs is 1. The van der Waals surface area contributed by atoms with Crippen LogP contribution in [0.15, 0.2) is 12.4 Å². The molecule has 1 aliphatic rings. The van der Waals surface area contributed by atoms with E-state index in [0.29, 0.717) is 23.3 Å². The minimum absolute atomic E-state index is 0.504. The fourth-order valence-electron chi connectivity index (χ4n) is 3.64. The molecule has 0 radical (unpaired) electrons. The second kappa shape index (κ2) is 7.95. The lowest BCUT2D eigenvalue weighted by Gasteiger charge is -2.30. The molecule has 1 aliphatic heterocycles. The first-order valence-electron chi connectivity index (χ1n) is 8.95. The molecule has 7 nitrogen and oxygen atoms in total. The Hall–Kier alpha value is -2.28. The van der Waals surface area contributed by atoms with Crippen molar-refractivity contribution in [3.63, 3.8) is 0 Å². The van der Waals surface area contributed by atoms with Gasteiger partial charge in [0.25, 0.3) is 0 Å². The standard InChI is InChI=1S/C19H28N4O3/c1-22(2)13-8-6-7-9-23(11-13)19-14-10-15(24-3)17(25-4)18(26-5)16(14)20-12-21-19/h10,12-13H,6-9,11H2,1-5H3. The lowest BCUT2D eigenvalue weighted by atomic mass is 10.1. The second-order valence-corrected chi connectivity index (χ2v) is 6.80. The van der Waals surface area contributed by atoms with Crippen molar-refractivity contribution in [2.75, 3.05) is 53.4 Å². The average molecular weight is 360 g/mol. The first-order chi connectivity index (χ1) is 12.6. The average Bonchev–Trinajstić information content (AvgIpc) is 2.92. The molecule has 0 spiro atoms. The van der Waals surface area contributed by atoms with Crippen LogP contribution in [-0.2, 0) is 0 Å². The van der Waals surface area contributed by atoms with E-state index in [9.17, 15) is 0 Å². The minimum atomic E-state index is 0.504. The van der Waals surface area contributed by atoms with E-state index in [1.165, 1.54) is 12.8 Å². The molecule has 0 amide bonds. The molecule has 142 valence electrons. The highest BCUT2D eigenvalue weighted by atomic mass is 16.5. The largest absolute Gasteiger partial charge is 0.493 e. The van der Waals surface area contributed by atoms with Gasteiger partial charge in [0.05, 0.1) is 26.7 Å². The van der Waals surface area contributed by atoms with Crippen LogP contribution in [0.3, 0.4) is 0 Å². The summed E-state index contributed by atoms with van der Waals surface area (Å²) in [5.74, 6) is 2.66. The number of benzene rings is 1. The lowest BCUT2D eigenvalue weighted by Crippen LogP contribution is -2.39. The van der Waals surface area contributed by atoms with Crippen LogP contribution in [0.2, 0.25) is 0 Å². The number of hydrogen-bond acceptors (Lipinski definition) is 7. The molecule has 1 atom stereocenters. The van der Waals surface area contributed by atoms with Gasteiger partial charge in [-0.3, -0.25) is 0 Å². The molecule has 26 heavy (non-hydrogen) atoms. The number of anilines is 1. The fourth-order valence-corrected chi connectivity index (χ4v) is 3.64.